The SMILES string of the molecule is N[C@H]1CCC[C@@H](n2c3ccccc3c3cc(F)ccc32)[C@@H]1O. The Balaban J connectivity index is 2.02. The molecule has 2 aromatic carbocycles. The molecule has 3 aromatic rings. The lowest BCUT2D eigenvalue weighted by Gasteiger charge is -2.34. The molecule has 1 aliphatic rings. The molecular weight excluding hydrogens is 279 g/mol. The Morgan fingerprint density at radius 2 is 1.82 bits per heavy atom. The van der Waals surface area contributed by atoms with E-state index in [0.29, 0.717) is 0 Å². The average Bonchev–Trinajstić information content (AvgIpc) is 2.84. The molecular formula is C18H19FN2O. The van der Waals surface area contributed by atoms with Crippen LogP contribution in [0.2, 0.25) is 0 Å². The minimum absolute atomic E-state index is 0.0587. The van der Waals surface area contributed by atoms with Gasteiger partial charge in [0.25, 0.3) is 0 Å². The Morgan fingerprint density at radius 1 is 1.05 bits per heavy atom. The zero-order valence-electron chi connectivity index (χ0n) is 12.2. The summed E-state index contributed by atoms with van der Waals surface area (Å²) in [7, 11) is 0. The molecule has 22 heavy (non-hydrogen) atoms. The first-order chi connectivity index (χ1) is 10.7. The van der Waals surface area contributed by atoms with E-state index in [0.717, 1.165) is 41.1 Å². The van der Waals surface area contributed by atoms with Gasteiger partial charge in [0.2, 0.25) is 0 Å². The van der Waals surface area contributed by atoms with E-state index in [1.54, 1.807) is 12.1 Å². The molecule has 1 fully saturated rings. The number of halogens is 1. The van der Waals surface area contributed by atoms with Crippen molar-refractivity contribution in [2.24, 2.45) is 5.73 Å². The number of hydrogen-bond donors (Lipinski definition) is 2. The van der Waals surface area contributed by atoms with Crippen molar-refractivity contribution in [1.82, 2.24) is 4.57 Å². The molecule has 0 radical (unpaired) electrons. The molecule has 3 atom stereocenters. The second-order valence-corrected chi connectivity index (χ2v) is 6.20. The van der Waals surface area contributed by atoms with E-state index in [1.807, 2.05) is 24.3 Å². The highest BCUT2D eigenvalue weighted by atomic mass is 19.1. The van der Waals surface area contributed by atoms with Crippen LogP contribution in [-0.4, -0.2) is 21.8 Å². The number of nitrogens with zero attached hydrogens (tertiary/aromatic N) is 1. The Labute approximate surface area is 128 Å². The third-order valence-corrected chi connectivity index (χ3v) is 4.87. The number of rotatable bonds is 1. The van der Waals surface area contributed by atoms with Crippen molar-refractivity contribution in [3.63, 3.8) is 0 Å². The molecule has 1 aromatic heterocycles. The minimum atomic E-state index is -0.571. The third-order valence-electron chi connectivity index (χ3n) is 4.87. The molecule has 114 valence electrons. The lowest BCUT2D eigenvalue weighted by molar-refractivity contribution is 0.0606. The van der Waals surface area contributed by atoms with Crippen molar-refractivity contribution < 1.29 is 9.50 Å². The second kappa shape index (κ2) is 5.07. The summed E-state index contributed by atoms with van der Waals surface area (Å²) in [5.41, 5.74) is 8.05. The number of nitrogens with two attached hydrogens (primary N) is 1. The minimum Gasteiger partial charge on any atom is -0.389 e. The van der Waals surface area contributed by atoms with Crippen LogP contribution in [0, 0.1) is 5.82 Å². The normalized spacial score (nSPS) is 25.9. The molecule has 0 aliphatic heterocycles. The number of aliphatic hydroxyl groups excluding tert-OH is 1. The summed E-state index contributed by atoms with van der Waals surface area (Å²) in [5, 5.41) is 12.5. The van der Waals surface area contributed by atoms with Crippen LogP contribution in [0.1, 0.15) is 25.3 Å². The number of para-hydroxylation sites is 1. The summed E-state index contributed by atoms with van der Waals surface area (Å²) in [6, 6.07) is 12.6. The van der Waals surface area contributed by atoms with Gasteiger partial charge in [-0.15, -0.1) is 0 Å². The molecule has 3 N–H and O–H groups in total. The van der Waals surface area contributed by atoms with Crippen molar-refractivity contribution in [1.29, 1.82) is 0 Å². The third kappa shape index (κ3) is 1.95. The van der Waals surface area contributed by atoms with Gasteiger partial charge in [0, 0.05) is 27.8 Å². The van der Waals surface area contributed by atoms with Gasteiger partial charge in [0.1, 0.15) is 5.82 Å². The number of aliphatic hydroxyl groups is 1. The first kappa shape index (κ1) is 13.7. The van der Waals surface area contributed by atoms with Crippen molar-refractivity contribution in [2.75, 3.05) is 0 Å². The fourth-order valence-electron chi connectivity index (χ4n) is 3.80. The summed E-state index contributed by atoms with van der Waals surface area (Å²) in [6.45, 7) is 0. The molecule has 1 saturated carbocycles. The molecule has 4 heteroatoms. The highest BCUT2D eigenvalue weighted by Gasteiger charge is 2.32. The summed E-state index contributed by atoms with van der Waals surface area (Å²) in [5.74, 6) is -0.240. The van der Waals surface area contributed by atoms with E-state index in [2.05, 4.69) is 4.57 Å². The summed E-state index contributed by atoms with van der Waals surface area (Å²) in [4.78, 5) is 0. The summed E-state index contributed by atoms with van der Waals surface area (Å²) < 4.78 is 15.8. The maximum Gasteiger partial charge on any atom is 0.123 e. The first-order valence-electron chi connectivity index (χ1n) is 7.78. The Hall–Kier alpha value is -1.91. The zero-order valence-corrected chi connectivity index (χ0v) is 12.2. The molecule has 0 spiro atoms. The van der Waals surface area contributed by atoms with Crippen molar-refractivity contribution in [3.05, 3.63) is 48.3 Å². The predicted octanol–water partition coefficient (Wildman–Crippen LogP) is 3.35. The van der Waals surface area contributed by atoms with Crippen LogP contribution in [0.25, 0.3) is 21.8 Å². The molecule has 0 saturated heterocycles. The molecule has 0 unspecified atom stereocenters. The van der Waals surface area contributed by atoms with Gasteiger partial charge in [-0.05, 0) is 43.5 Å². The highest BCUT2D eigenvalue weighted by Crippen LogP contribution is 2.37. The van der Waals surface area contributed by atoms with Crippen molar-refractivity contribution in [3.8, 4) is 0 Å². The van der Waals surface area contributed by atoms with E-state index in [1.165, 1.54) is 6.07 Å². The largest absolute Gasteiger partial charge is 0.389 e. The van der Waals surface area contributed by atoms with Gasteiger partial charge in [0.05, 0.1) is 12.1 Å². The Morgan fingerprint density at radius 3 is 2.68 bits per heavy atom. The predicted molar refractivity (Wildman–Crippen MR) is 86.3 cm³/mol. The number of benzene rings is 2. The van der Waals surface area contributed by atoms with E-state index < -0.39 is 6.10 Å². The number of fused-ring (bicyclic) bond motifs is 3. The maximum absolute atomic E-state index is 13.7. The van der Waals surface area contributed by atoms with Crippen molar-refractivity contribution >= 4 is 21.8 Å². The second-order valence-electron chi connectivity index (χ2n) is 6.20. The molecule has 0 amide bonds. The smallest absolute Gasteiger partial charge is 0.123 e. The van der Waals surface area contributed by atoms with Crippen LogP contribution < -0.4 is 5.73 Å². The molecule has 4 rings (SSSR count). The van der Waals surface area contributed by atoms with Crippen LogP contribution in [-0.2, 0) is 0 Å². The summed E-state index contributed by atoms with van der Waals surface area (Å²) in [6.07, 6.45) is 2.17. The lowest BCUT2D eigenvalue weighted by atomic mass is 9.88. The maximum atomic E-state index is 13.7. The molecule has 0 bridgehead atoms. The zero-order chi connectivity index (χ0) is 15.3. The van der Waals surface area contributed by atoms with E-state index >= 15 is 0 Å². The lowest BCUT2D eigenvalue weighted by Crippen LogP contribution is -2.44. The monoisotopic (exact) mass is 298 g/mol. The Kier molecular flexibility index (Phi) is 3.17. The number of aromatic nitrogens is 1. The Bertz CT molecular complexity index is 842. The summed E-state index contributed by atoms with van der Waals surface area (Å²) >= 11 is 0. The molecule has 3 nitrogen and oxygen atoms in total. The quantitative estimate of drug-likeness (QED) is 0.724. The van der Waals surface area contributed by atoms with Gasteiger partial charge in [-0.25, -0.2) is 4.39 Å². The highest BCUT2D eigenvalue weighted by molar-refractivity contribution is 6.08. The van der Waals surface area contributed by atoms with Gasteiger partial charge in [-0.3, -0.25) is 0 Å². The van der Waals surface area contributed by atoms with Gasteiger partial charge >= 0.3 is 0 Å². The topological polar surface area (TPSA) is 51.2 Å². The van der Waals surface area contributed by atoms with Crippen LogP contribution in [0.5, 0.6) is 0 Å². The fraction of sp³-hybridized carbons (Fsp3) is 0.333. The van der Waals surface area contributed by atoms with Crippen LogP contribution in [0.3, 0.4) is 0 Å². The standard InChI is InChI=1S/C18H19FN2O/c19-11-8-9-16-13(10-11)12-4-1-2-6-15(12)21(16)17-7-3-5-14(20)18(17)22/h1-2,4,6,8-10,14,17-18,22H,3,5,7,20H2/t14-,17+,18+/m0/s1. The van der Waals surface area contributed by atoms with Crippen molar-refractivity contribution in [2.45, 2.75) is 37.5 Å². The first-order valence-corrected chi connectivity index (χ1v) is 7.78. The van der Waals surface area contributed by atoms with Gasteiger partial charge < -0.3 is 15.4 Å². The van der Waals surface area contributed by atoms with Gasteiger partial charge in [-0.1, -0.05) is 18.2 Å². The number of hydrogen-bond acceptors (Lipinski definition) is 2. The fourth-order valence-corrected chi connectivity index (χ4v) is 3.80. The van der Waals surface area contributed by atoms with Crippen LogP contribution in [0.4, 0.5) is 4.39 Å². The van der Waals surface area contributed by atoms with Crippen LogP contribution >= 0.6 is 0 Å². The average molecular weight is 298 g/mol. The van der Waals surface area contributed by atoms with Gasteiger partial charge in [0.15, 0.2) is 0 Å². The molecule has 1 heterocycles. The van der Waals surface area contributed by atoms with Gasteiger partial charge in [-0.2, -0.15) is 0 Å². The van der Waals surface area contributed by atoms with Crippen LogP contribution in [0.15, 0.2) is 42.5 Å². The molecule has 1 aliphatic carbocycles. The van der Waals surface area contributed by atoms with E-state index in [-0.39, 0.29) is 17.9 Å². The van der Waals surface area contributed by atoms with E-state index in [9.17, 15) is 9.50 Å². The van der Waals surface area contributed by atoms with E-state index in [4.69, 9.17) is 5.73 Å².